The zero-order chi connectivity index (χ0) is 19.7. The maximum Gasteiger partial charge on any atom is 0.261 e. The fourth-order valence-corrected chi connectivity index (χ4v) is 3.76. The van der Waals surface area contributed by atoms with Crippen LogP contribution < -0.4 is 4.74 Å². The first-order valence-electron chi connectivity index (χ1n) is 9.89. The van der Waals surface area contributed by atoms with Gasteiger partial charge in [-0.25, -0.2) is 4.98 Å². The first-order valence-corrected chi connectivity index (χ1v) is 9.89. The van der Waals surface area contributed by atoms with Gasteiger partial charge >= 0.3 is 0 Å². The molecule has 1 aliphatic rings. The number of likely N-dealkylation sites (tertiary alicyclic amines) is 1. The topological polar surface area (TPSA) is 58.2 Å². The lowest BCUT2D eigenvalue weighted by atomic mass is 9.87. The van der Waals surface area contributed by atoms with Crippen LogP contribution in [0.25, 0.3) is 11.0 Å². The average Bonchev–Trinajstić information content (AvgIpc) is 3.32. The number of amides is 1. The van der Waals surface area contributed by atoms with Gasteiger partial charge in [0.25, 0.3) is 5.91 Å². The quantitative estimate of drug-likeness (QED) is 0.723. The van der Waals surface area contributed by atoms with Crippen molar-refractivity contribution in [3.05, 3.63) is 59.9 Å². The van der Waals surface area contributed by atoms with Gasteiger partial charge in [-0.3, -0.25) is 4.79 Å². The highest BCUT2D eigenvalue weighted by Gasteiger charge is 2.32. The van der Waals surface area contributed by atoms with Crippen molar-refractivity contribution in [2.75, 3.05) is 13.2 Å². The van der Waals surface area contributed by atoms with Crippen LogP contribution >= 0.6 is 0 Å². The number of carbonyl (C=O) groups excluding carboxylic acids is 1. The average molecular weight is 377 g/mol. The van der Waals surface area contributed by atoms with Crippen molar-refractivity contribution in [2.24, 2.45) is 0 Å². The second-order valence-electron chi connectivity index (χ2n) is 8.45. The van der Waals surface area contributed by atoms with Crippen LogP contribution in [0.4, 0.5) is 0 Å². The number of para-hydroxylation sites is 2. The predicted octanol–water partition coefficient (Wildman–Crippen LogP) is 4.60. The molecule has 3 aromatic rings. The summed E-state index contributed by atoms with van der Waals surface area (Å²) in [5.41, 5.74) is 3.29. The third-order valence-corrected chi connectivity index (χ3v) is 5.38. The Morgan fingerprint density at radius 2 is 1.93 bits per heavy atom. The number of fused-ring (bicyclic) bond motifs is 1. The molecule has 0 aliphatic carbocycles. The molecule has 2 aromatic carbocycles. The number of nitrogens with one attached hydrogen (secondary N) is 1. The molecule has 0 bridgehead atoms. The van der Waals surface area contributed by atoms with Crippen LogP contribution in [0, 0.1) is 0 Å². The number of aromatic nitrogens is 2. The second-order valence-corrected chi connectivity index (χ2v) is 8.45. The molecule has 1 atom stereocenters. The van der Waals surface area contributed by atoms with E-state index >= 15 is 0 Å². The molecule has 1 unspecified atom stereocenters. The van der Waals surface area contributed by atoms with Crippen molar-refractivity contribution in [1.82, 2.24) is 14.9 Å². The normalized spacial score (nSPS) is 17.2. The zero-order valence-electron chi connectivity index (χ0n) is 16.7. The molecule has 5 heteroatoms. The molecule has 1 N–H and O–H groups in total. The largest absolute Gasteiger partial charge is 0.484 e. The van der Waals surface area contributed by atoms with Crippen molar-refractivity contribution in [2.45, 2.75) is 45.1 Å². The first-order chi connectivity index (χ1) is 13.4. The van der Waals surface area contributed by atoms with Crippen LogP contribution in [0.5, 0.6) is 5.75 Å². The van der Waals surface area contributed by atoms with Gasteiger partial charge in [0.15, 0.2) is 6.61 Å². The SMILES string of the molecule is CC(C)(C)c1ccc(OCC(=O)N2CCCC2c2nc3ccccc3[nH]2)cc1. The van der Waals surface area contributed by atoms with Crippen molar-refractivity contribution < 1.29 is 9.53 Å². The molecule has 1 amide bonds. The monoisotopic (exact) mass is 377 g/mol. The predicted molar refractivity (Wildman–Crippen MR) is 110 cm³/mol. The highest BCUT2D eigenvalue weighted by atomic mass is 16.5. The van der Waals surface area contributed by atoms with Crippen LogP contribution in [0.15, 0.2) is 48.5 Å². The Kier molecular flexibility index (Phi) is 4.84. The number of carbonyl (C=O) groups is 1. The number of ether oxygens (including phenoxy) is 1. The molecule has 2 heterocycles. The summed E-state index contributed by atoms with van der Waals surface area (Å²) in [4.78, 5) is 22.8. The minimum absolute atomic E-state index is 0.00264. The maximum absolute atomic E-state index is 12.8. The van der Waals surface area contributed by atoms with E-state index < -0.39 is 0 Å². The van der Waals surface area contributed by atoms with Gasteiger partial charge in [0.2, 0.25) is 0 Å². The van der Waals surface area contributed by atoms with Crippen LogP contribution in [0.2, 0.25) is 0 Å². The number of H-pyrrole nitrogens is 1. The lowest BCUT2D eigenvalue weighted by molar-refractivity contribution is -0.134. The Morgan fingerprint density at radius 1 is 1.18 bits per heavy atom. The van der Waals surface area contributed by atoms with Crippen molar-refractivity contribution in [1.29, 1.82) is 0 Å². The van der Waals surface area contributed by atoms with E-state index in [1.807, 2.05) is 41.3 Å². The second kappa shape index (κ2) is 7.30. The fraction of sp³-hybridized carbons (Fsp3) is 0.391. The molecule has 146 valence electrons. The molecule has 1 aromatic heterocycles. The Balaban J connectivity index is 1.42. The molecule has 1 aliphatic heterocycles. The van der Waals surface area contributed by atoms with Gasteiger partial charge in [-0.1, -0.05) is 45.0 Å². The summed E-state index contributed by atoms with van der Waals surface area (Å²) in [5.74, 6) is 1.59. The number of hydrogen-bond acceptors (Lipinski definition) is 3. The minimum Gasteiger partial charge on any atom is -0.484 e. The lowest BCUT2D eigenvalue weighted by Gasteiger charge is -2.23. The summed E-state index contributed by atoms with van der Waals surface area (Å²) in [6.07, 6.45) is 1.90. The zero-order valence-corrected chi connectivity index (χ0v) is 16.7. The highest BCUT2D eigenvalue weighted by molar-refractivity contribution is 5.79. The third kappa shape index (κ3) is 3.75. The fourth-order valence-electron chi connectivity index (χ4n) is 3.76. The van der Waals surface area contributed by atoms with Gasteiger partial charge in [0, 0.05) is 6.54 Å². The Hall–Kier alpha value is -2.82. The van der Waals surface area contributed by atoms with Gasteiger partial charge in [-0.15, -0.1) is 0 Å². The van der Waals surface area contributed by atoms with Crippen molar-refractivity contribution in [3.63, 3.8) is 0 Å². The van der Waals surface area contributed by atoms with Crippen LogP contribution in [-0.4, -0.2) is 33.9 Å². The van der Waals surface area contributed by atoms with Crippen LogP contribution in [-0.2, 0) is 10.2 Å². The van der Waals surface area contributed by atoms with E-state index in [0.29, 0.717) is 0 Å². The van der Waals surface area contributed by atoms with E-state index in [-0.39, 0.29) is 24.0 Å². The van der Waals surface area contributed by atoms with Gasteiger partial charge in [0.1, 0.15) is 11.6 Å². The number of rotatable bonds is 4. The molecule has 28 heavy (non-hydrogen) atoms. The summed E-state index contributed by atoms with van der Waals surface area (Å²) in [6, 6.07) is 16.0. The molecule has 0 saturated carbocycles. The van der Waals surface area contributed by atoms with Gasteiger partial charge < -0.3 is 14.6 Å². The van der Waals surface area contributed by atoms with E-state index in [1.54, 1.807) is 0 Å². The highest BCUT2D eigenvalue weighted by Crippen LogP contribution is 2.31. The summed E-state index contributed by atoms with van der Waals surface area (Å²) in [7, 11) is 0. The van der Waals surface area contributed by atoms with Crippen LogP contribution in [0.3, 0.4) is 0 Å². The maximum atomic E-state index is 12.8. The summed E-state index contributed by atoms with van der Waals surface area (Å²) < 4.78 is 5.77. The van der Waals surface area contributed by atoms with Crippen LogP contribution in [0.1, 0.15) is 51.0 Å². The number of nitrogens with zero attached hydrogens (tertiary/aromatic N) is 2. The Labute approximate surface area is 165 Å². The number of aromatic amines is 1. The molecule has 1 saturated heterocycles. The molecule has 4 rings (SSSR count). The third-order valence-electron chi connectivity index (χ3n) is 5.38. The summed E-state index contributed by atoms with van der Waals surface area (Å²) in [6.45, 7) is 7.33. The molecular weight excluding hydrogens is 350 g/mol. The summed E-state index contributed by atoms with van der Waals surface area (Å²) in [5, 5.41) is 0. The number of hydrogen-bond donors (Lipinski definition) is 1. The molecule has 0 radical (unpaired) electrons. The van der Waals surface area contributed by atoms with Gasteiger partial charge in [-0.2, -0.15) is 0 Å². The van der Waals surface area contributed by atoms with E-state index in [0.717, 1.165) is 42.0 Å². The smallest absolute Gasteiger partial charge is 0.261 e. The van der Waals surface area contributed by atoms with Crippen molar-refractivity contribution in [3.8, 4) is 5.75 Å². The minimum atomic E-state index is -0.00762. The molecule has 1 fully saturated rings. The first kappa shape index (κ1) is 18.5. The Bertz CT molecular complexity index is 936. The number of imidazole rings is 1. The van der Waals surface area contributed by atoms with E-state index in [4.69, 9.17) is 4.74 Å². The number of benzene rings is 2. The molecule has 5 nitrogen and oxygen atoms in total. The van der Waals surface area contributed by atoms with E-state index in [1.165, 1.54) is 5.56 Å². The molecular formula is C23H27N3O2. The van der Waals surface area contributed by atoms with Gasteiger partial charge in [-0.05, 0) is 48.1 Å². The van der Waals surface area contributed by atoms with E-state index in [9.17, 15) is 4.79 Å². The Morgan fingerprint density at radius 3 is 2.64 bits per heavy atom. The summed E-state index contributed by atoms with van der Waals surface area (Å²) >= 11 is 0. The molecule has 0 spiro atoms. The standard InChI is InChI=1S/C23H27N3O2/c1-23(2,3)16-10-12-17(13-11-16)28-15-21(27)26-14-6-9-20(26)22-24-18-7-4-5-8-19(18)25-22/h4-5,7-8,10-13,20H,6,9,14-15H2,1-3H3,(H,24,25). The van der Waals surface area contributed by atoms with E-state index in [2.05, 4.69) is 42.9 Å². The lowest BCUT2D eigenvalue weighted by Crippen LogP contribution is -2.34. The van der Waals surface area contributed by atoms with Crippen molar-refractivity contribution >= 4 is 16.9 Å². The van der Waals surface area contributed by atoms with Gasteiger partial charge in [0.05, 0.1) is 17.1 Å².